The zero-order valence-electron chi connectivity index (χ0n) is 6.00. The van der Waals surface area contributed by atoms with Gasteiger partial charge in [0.2, 0.25) is 0 Å². The van der Waals surface area contributed by atoms with E-state index in [0.717, 1.165) is 17.9 Å². The summed E-state index contributed by atoms with van der Waals surface area (Å²) in [6.07, 6.45) is 1.69. The zero-order chi connectivity index (χ0) is 7.56. The number of nitrogens with one attached hydrogen (secondary N) is 1. The van der Waals surface area contributed by atoms with Gasteiger partial charge in [0, 0.05) is 6.54 Å². The lowest BCUT2D eigenvalue weighted by atomic mass is 10.1. The summed E-state index contributed by atoms with van der Waals surface area (Å²) in [6, 6.07) is -0.182. The first-order valence-corrected chi connectivity index (χ1v) is 3.43. The number of carbonyl (C=O) groups excluding carboxylic acids is 1. The van der Waals surface area contributed by atoms with Crippen molar-refractivity contribution in [2.75, 3.05) is 13.6 Å². The van der Waals surface area contributed by atoms with Gasteiger partial charge in [-0.1, -0.05) is 0 Å². The van der Waals surface area contributed by atoms with Crippen molar-refractivity contribution in [3.05, 3.63) is 0 Å². The van der Waals surface area contributed by atoms with E-state index in [9.17, 15) is 4.79 Å². The van der Waals surface area contributed by atoms with Crippen LogP contribution in [0.1, 0.15) is 12.8 Å². The number of hydroxylamine groups is 2. The minimum atomic E-state index is -0.214. The predicted octanol–water partition coefficient (Wildman–Crippen LogP) is -0.414. The van der Waals surface area contributed by atoms with Crippen LogP contribution in [0.3, 0.4) is 0 Å². The summed E-state index contributed by atoms with van der Waals surface area (Å²) >= 11 is 0. The summed E-state index contributed by atoms with van der Waals surface area (Å²) < 4.78 is 0. The maximum atomic E-state index is 11.0. The summed E-state index contributed by atoms with van der Waals surface area (Å²) in [5.41, 5.74) is 0. The first-order valence-electron chi connectivity index (χ1n) is 3.43. The minimum absolute atomic E-state index is 0.182. The average Bonchev–Trinajstić information content (AvgIpc) is 1.95. The molecule has 0 radical (unpaired) electrons. The number of hydrogen-bond acceptors (Lipinski definition) is 3. The molecule has 0 aromatic rings. The van der Waals surface area contributed by atoms with Gasteiger partial charge in [0.15, 0.2) is 0 Å². The van der Waals surface area contributed by atoms with Gasteiger partial charge in [-0.25, -0.2) is 5.06 Å². The molecule has 1 heterocycles. The fourth-order valence-corrected chi connectivity index (χ4v) is 1.13. The molecule has 1 atom stereocenters. The Bertz CT molecular complexity index is 138. The average molecular weight is 144 g/mol. The van der Waals surface area contributed by atoms with Crippen molar-refractivity contribution in [3.8, 4) is 0 Å². The largest absolute Gasteiger partial charge is 0.309 e. The van der Waals surface area contributed by atoms with E-state index in [2.05, 4.69) is 5.32 Å². The summed E-state index contributed by atoms with van der Waals surface area (Å²) in [5, 5.41) is 12.5. The maximum absolute atomic E-state index is 11.0. The Morgan fingerprint density at radius 1 is 1.80 bits per heavy atom. The molecule has 0 spiro atoms. The Balaban J connectivity index is 2.51. The second-order valence-corrected chi connectivity index (χ2v) is 2.44. The lowest BCUT2D eigenvalue weighted by molar-refractivity contribution is -0.172. The number of amides is 1. The highest BCUT2D eigenvalue weighted by Crippen LogP contribution is 2.08. The number of nitrogens with zero attached hydrogens (tertiary/aromatic N) is 1. The minimum Gasteiger partial charge on any atom is -0.309 e. The molecule has 4 nitrogen and oxygen atoms in total. The van der Waals surface area contributed by atoms with E-state index in [1.165, 1.54) is 0 Å². The van der Waals surface area contributed by atoms with Gasteiger partial charge in [-0.3, -0.25) is 10.0 Å². The van der Waals surface area contributed by atoms with Crippen LogP contribution >= 0.6 is 0 Å². The molecule has 1 fully saturated rings. The van der Waals surface area contributed by atoms with Crippen LogP contribution in [-0.4, -0.2) is 35.8 Å². The summed E-state index contributed by atoms with van der Waals surface area (Å²) in [6.45, 7) is 0.469. The Kier molecular flexibility index (Phi) is 2.24. The number of piperidine rings is 1. The Morgan fingerprint density at radius 3 is 3.00 bits per heavy atom. The first-order chi connectivity index (χ1) is 4.75. The first kappa shape index (κ1) is 7.50. The van der Waals surface area contributed by atoms with Gasteiger partial charge in [0.25, 0.3) is 5.91 Å². The highest BCUT2D eigenvalue weighted by atomic mass is 16.5. The van der Waals surface area contributed by atoms with Crippen molar-refractivity contribution in [3.63, 3.8) is 0 Å². The monoisotopic (exact) mass is 144 g/mol. The quantitative estimate of drug-likeness (QED) is 0.492. The molecule has 4 heteroatoms. The SMILES string of the molecule is CNC1CCCN(O)C1=O. The van der Waals surface area contributed by atoms with E-state index in [0.29, 0.717) is 6.54 Å². The molecule has 0 saturated carbocycles. The standard InChI is InChI=1S/C6H12N2O2/c1-7-5-3-2-4-8(10)6(5)9/h5,7,10H,2-4H2,1H3. The van der Waals surface area contributed by atoms with Crippen LogP contribution < -0.4 is 5.32 Å². The normalized spacial score (nSPS) is 27.2. The molecule has 2 N–H and O–H groups in total. The van der Waals surface area contributed by atoms with E-state index >= 15 is 0 Å². The van der Waals surface area contributed by atoms with Crippen molar-refractivity contribution in [1.82, 2.24) is 10.4 Å². The zero-order valence-corrected chi connectivity index (χ0v) is 6.00. The van der Waals surface area contributed by atoms with Crippen LogP contribution in [-0.2, 0) is 4.79 Å². The van der Waals surface area contributed by atoms with Crippen LogP contribution in [0.15, 0.2) is 0 Å². The van der Waals surface area contributed by atoms with E-state index in [1.807, 2.05) is 0 Å². The highest BCUT2D eigenvalue weighted by Gasteiger charge is 2.25. The lowest BCUT2D eigenvalue weighted by Gasteiger charge is -2.26. The molecular weight excluding hydrogens is 132 g/mol. The summed E-state index contributed by atoms with van der Waals surface area (Å²) in [7, 11) is 1.72. The van der Waals surface area contributed by atoms with Crippen LogP contribution in [0.2, 0.25) is 0 Å². The smallest absolute Gasteiger partial charge is 0.263 e. The Labute approximate surface area is 59.8 Å². The number of carbonyl (C=O) groups is 1. The van der Waals surface area contributed by atoms with Crippen LogP contribution in [0.25, 0.3) is 0 Å². The predicted molar refractivity (Wildman–Crippen MR) is 35.6 cm³/mol. The van der Waals surface area contributed by atoms with Crippen molar-refractivity contribution in [1.29, 1.82) is 0 Å². The number of rotatable bonds is 1. The number of hydrogen-bond donors (Lipinski definition) is 2. The highest BCUT2D eigenvalue weighted by molar-refractivity contribution is 5.81. The summed E-state index contributed by atoms with van der Waals surface area (Å²) in [5.74, 6) is -0.214. The topological polar surface area (TPSA) is 52.6 Å². The van der Waals surface area contributed by atoms with E-state index in [4.69, 9.17) is 5.21 Å². The third kappa shape index (κ3) is 1.27. The molecular formula is C6H12N2O2. The van der Waals surface area contributed by atoms with Gasteiger partial charge in [-0.15, -0.1) is 0 Å². The van der Waals surface area contributed by atoms with Gasteiger partial charge in [0.1, 0.15) is 0 Å². The Hall–Kier alpha value is -0.610. The molecule has 58 valence electrons. The van der Waals surface area contributed by atoms with Crippen LogP contribution in [0.5, 0.6) is 0 Å². The third-order valence-corrected chi connectivity index (χ3v) is 1.76. The third-order valence-electron chi connectivity index (χ3n) is 1.76. The summed E-state index contributed by atoms with van der Waals surface area (Å²) in [4.78, 5) is 11.0. The fraction of sp³-hybridized carbons (Fsp3) is 0.833. The fourth-order valence-electron chi connectivity index (χ4n) is 1.13. The van der Waals surface area contributed by atoms with E-state index in [-0.39, 0.29) is 11.9 Å². The Morgan fingerprint density at radius 2 is 2.50 bits per heavy atom. The van der Waals surface area contributed by atoms with Gasteiger partial charge < -0.3 is 5.32 Å². The van der Waals surface area contributed by atoms with Gasteiger partial charge in [0.05, 0.1) is 6.04 Å². The molecule has 1 rings (SSSR count). The molecule has 1 amide bonds. The molecule has 0 bridgehead atoms. The van der Waals surface area contributed by atoms with E-state index < -0.39 is 0 Å². The second-order valence-electron chi connectivity index (χ2n) is 2.44. The lowest BCUT2D eigenvalue weighted by Crippen LogP contribution is -2.48. The van der Waals surface area contributed by atoms with Crippen molar-refractivity contribution >= 4 is 5.91 Å². The van der Waals surface area contributed by atoms with Crippen molar-refractivity contribution < 1.29 is 10.0 Å². The van der Waals surface area contributed by atoms with Crippen molar-refractivity contribution in [2.45, 2.75) is 18.9 Å². The molecule has 0 aromatic heterocycles. The van der Waals surface area contributed by atoms with Crippen LogP contribution in [0.4, 0.5) is 0 Å². The molecule has 10 heavy (non-hydrogen) atoms. The van der Waals surface area contributed by atoms with Crippen LogP contribution in [0, 0.1) is 0 Å². The van der Waals surface area contributed by atoms with Gasteiger partial charge >= 0.3 is 0 Å². The molecule has 0 aliphatic carbocycles. The second kappa shape index (κ2) is 2.98. The molecule has 1 saturated heterocycles. The van der Waals surface area contributed by atoms with E-state index in [1.54, 1.807) is 7.05 Å². The molecule has 1 unspecified atom stereocenters. The number of likely N-dealkylation sites (N-methyl/N-ethyl adjacent to an activating group) is 1. The maximum Gasteiger partial charge on any atom is 0.263 e. The van der Waals surface area contributed by atoms with Gasteiger partial charge in [-0.2, -0.15) is 0 Å². The molecule has 1 aliphatic heterocycles. The van der Waals surface area contributed by atoms with Gasteiger partial charge in [-0.05, 0) is 19.9 Å². The molecule has 0 aromatic carbocycles. The van der Waals surface area contributed by atoms with Crippen molar-refractivity contribution in [2.24, 2.45) is 0 Å². The molecule has 1 aliphatic rings.